The van der Waals surface area contributed by atoms with Crippen LogP contribution in [0.4, 0.5) is 17.1 Å². The SMILES string of the molecule is COc1cccc(C(=O)[C@H]2[C@@H](C(=O)c3cccc([N+](=O)[O-])c3)[C@]3(C(=O)Nc4ccccc43)[C@H]3C=C(C)c4ccccc4N23)c1. The van der Waals surface area contributed by atoms with E-state index in [2.05, 4.69) is 5.32 Å². The number of nitrogens with one attached hydrogen (secondary N) is 1. The van der Waals surface area contributed by atoms with Gasteiger partial charge in [-0.3, -0.25) is 24.5 Å². The van der Waals surface area contributed by atoms with Gasteiger partial charge >= 0.3 is 0 Å². The van der Waals surface area contributed by atoms with Crippen LogP contribution in [0.15, 0.2) is 103 Å². The zero-order valence-corrected chi connectivity index (χ0v) is 23.9. The highest BCUT2D eigenvalue weighted by Crippen LogP contribution is 2.59. The Kier molecular flexibility index (Phi) is 6.21. The van der Waals surface area contributed by atoms with Crippen LogP contribution in [0.3, 0.4) is 0 Å². The summed E-state index contributed by atoms with van der Waals surface area (Å²) in [7, 11) is 1.51. The molecule has 4 aromatic rings. The van der Waals surface area contributed by atoms with E-state index in [-0.39, 0.29) is 17.0 Å². The molecule has 0 radical (unpaired) electrons. The quantitative estimate of drug-likeness (QED) is 0.171. The second-order valence-corrected chi connectivity index (χ2v) is 11.3. The summed E-state index contributed by atoms with van der Waals surface area (Å²) in [6.07, 6.45) is 1.97. The van der Waals surface area contributed by atoms with Gasteiger partial charge in [-0.15, -0.1) is 0 Å². The number of hydrogen-bond donors (Lipinski definition) is 1. The van der Waals surface area contributed by atoms with Crippen molar-refractivity contribution in [1.82, 2.24) is 0 Å². The number of amides is 1. The lowest BCUT2D eigenvalue weighted by Gasteiger charge is -2.39. The van der Waals surface area contributed by atoms with Crippen molar-refractivity contribution in [1.29, 1.82) is 0 Å². The van der Waals surface area contributed by atoms with Crippen molar-refractivity contribution >= 4 is 40.1 Å². The number of non-ortho nitro benzene ring substituents is 1. The van der Waals surface area contributed by atoms with Gasteiger partial charge in [0.1, 0.15) is 17.2 Å². The molecule has 4 aromatic carbocycles. The summed E-state index contributed by atoms with van der Waals surface area (Å²) >= 11 is 0. The summed E-state index contributed by atoms with van der Waals surface area (Å²) in [6, 6.07) is 25.2. The average molecular weight is 586 g/mol. The number of nitro groups is 1. The van der Waals surface area contributed by atoms with Crippen LogP contribution < -0.4 is 15.0 Å². The fourth-order valence-corrected chi connectivity index (χ4v) is 7.29. The summed E-state index contributed by atoms with van der Waals surface area (Å²) in [5.74, 6) is -2.07. The van der Waals surface area contributed by atoms with Gasteiger partial charge in [0, 0.05) is 40.2 Å². The number of nitro benzene ring substituents is 1. The van der Waals surface area contributed by atoms with Gasteiger partial charge in [-0.2, -0.15) is 0 Å². The number of anilines is 2. The molecule has 7 rings (SSSR count). The predicted molar refractivity (Wildman–Crippen MR) is 165 cm³/mol. The minimum absolute atomic E-state index is 0.0537. The topological polar surface area (TPSA) is 119 Å². The summed E-state index contributed by atoms with van der Waals surface area (Å²) < 4.78 is 5.41. The number of fused-ring (bicyclic) bond motifs is 6. The van der Waals surface area contributed by atoms with Crippen LogP contribution in [0.25, 0.3) is 5.57 Å². The van der Waals surface area contributed by atoms with Gasteiger partial charge in [0.15, 0.2) is 11.6 Å². The minimum atomic E-state index is -1.52. The van der Waals surface area contributed by atoms with E-state index in [0.717, 1.165) is 16.8 Å². The number of hydrogen-bond acceptors (Lipinski definition) is 7. The number of ketones is 2. The van der Waals surface area contributed by atoms with Crippen molar-refractivity contribution in [3.05, 3.63) is 136 Å². The van der Waals surface area contributed by atoms with Crippen LogP contribution in [-0.4, -0.2) is 41.6 Å². The first-order valence-electron chi connectivity index (χ1n) is 14.2. The molecule has 3 aliphatic rings. The highest BCUT2D eigenvalue weighted by Gasteiger charge is 2.70. The van der Waals surface area contributed by atoms with E-state index in [4.69, 9.17) is 4.74 Å². The number of carbonyl (C=O) groups is 3. The van der Waals surface area contributed by atoms with Gasteiger partial charge in [-0.05, 0) is 42.3 Å². The lowest BCUT2D eigenvalue weighted by molar-refractivity contribution is -0.384. The molecule has 3 aliphatic heterocycles. The van der Waals surface area contributed by atoms with Crippen molar-refractivity contribution in [3.63, 3.8) is 0 Å². The fraction of sp³-hybridized carbons (Fsp3) is 0.171. The molecule has 0 bridgehead atoms. The number of Topliss-reactive ketones (excluding diaryl/α,β-unsaturated/α-hetero) is 2. The van der Waals surface area contributed by atoms with Crippen molar-refractivity contribution < 1.29 is 24.0 Å². The smallest absolute Gasteiger partial charge is 0.270 e. The first kappa shape index (κ1) is 27.3. The lowest BCUT2D eigenvalue weighted by Crippen LogP contribution is -2.51. The summed E-state index contributed by atoms with van der Waals surface area (Å²) in [5.41, 5.74) is 2.29. The molecule has 218 valence electrons. The number of methoxy groups -OCH3 is 1. The van der Waals surface area contributed by atoms with Crippen LogP contribution >= 0.6 is 0 Å². The summed E-state index contributed by atoms with van der Waals surface area (Å²) in [4.78, 5) is 57.3. The number of allylic oxidation sites excluding steroid dienone is 1. The molecule has 4 atom stereocenters. The largest absolute Gasteiger partial charge is 0.497 e. The highest BCUT2D eigenvalue weighted by atomic mass is 16.6. The Bertz CT molecular complexity index is 1930. The number of carbonyl (C=O) groups excluding carboxylic acids is 3. The first-order valence-corrected chi connectivity index (χ1v) is 14.2. The van der Waals surface area contributed by atoms with E-state index >= 15 is 0 Å². The Labute approximate surface area is 252 Å². The summed E-state index contributed by atoms with van der Waals surface area (Å²) in [6.45, 7) is 1.96. The molecule has 1 amide bonds. The average Bonchev–Trinajstić information content (AvgIpc) is 3.52. The van der Waals surface area contributed by atoms with E-state index in [1.54, 1.807) is 36.4 Å². The van der Waals surface area contributed by atoms with Crippen molar-refractivity contribution in [2.45, 2.75) is 24.4 Å². The third-order valence-corrected chi connectivity index (χ3v) is 9.13. The molecule has 0 unspecified atom stereocenters. The maximum Gasteiger partial charge on any atom is 0.270 e. The number of para-hydroxylation sites is 2. The molecular formula is C35H27N3O6. The van der Waals surface area contributed by atoms with Gasteiger partial charge in [-0.25, -0.2) is 0 Å². The molecule has 9 heteroatoms. The molecule has 1 fully saturated rings. The Balaban J connectivity index is 1.55. The Morgan fingerprint density at radius 1 is 0.909 bits per heavy atom. The normalized spacial score (nSPS) is 22.9. The molecule has 9 nitrogen and oxygen atoms in total. The summed E-state index contributed by atoms with van der Waals surface area (Å²) in [5, 5.41) is 14.7. The monoisotopic (exact) mass is 585 g/mol. The van der Waals surface area contributed by atoms with Gasteiger partial charge in [-0.1, -0.05) is 66.7 Å². The lowest BCUT2D eigenvalue weighted by atomic mass is 9.64. The molecule has 0 aromatic heterocycles. The number of rotatable bonds is 6. The molecule has 44 heavy (non-hydrogen) atoms. The third kappa shape index (κ3) is 3.75. The molecule has 1 spiro atoms. The Morgan fingerprint density at radius 2 is 1.61 bits per heavy atom. The maximum atomic E-state index is 14.9. The second kappa shape index (κ2) is 10.0. The number of nitrogens with zero attached hydrogens (tertiary/aromatic N) is 2. The zero-order valence-electron chi connectivity index (χ0n) is 23.9. The first-order chi connectivity index (χ1) is 21.3. The van der Waals surface area contributed by atoms with Crippen LogP contribution in [-0.2, 0) is 10.2 Å². The zero-order chi connectivity index (χ0) is 30.7. The molecule has 3 heterocycles. The van der Waals surface area contributed by atoms with E-state index in [1.807, 2.05) is 54.3 Å². The Morgan fingerprint density at radius 3 is 2.39 bits per heavy atom. The standard InChI is InChI=1S/C35H27N3O6/c1-20-17-29-35(26-14-4-5-15-27(26)36-34(35)41)30(32(39)21-9-7-11-23(18-21)38(42)43)31(37(29)28-16-6-3-13-25(20)28)33(40)22-10-8-12-24(19-22)44-2/h3-19,29-31H,1-2H3,(H,36,41)/t29-,30+,31-,35-/m1/s1. The Hall–Kier alpha value is -5.57. The van der Waals surface area contributed by atoms with Crippen LogP contribution in [0.5, 0.6) is 5.75 Å². The minimum Gasteiger partial charge on any atom is -0.497 e. The second-order valence-electron chi connectivity index (χ2n) is 11.3. The molecule has 0 aliphatic carbocycles. The van der Waals surface area contributed by atoms with Gasteiger partial charge in [0.25, 0.3) is 5.69 Å². The van der Waals surface area contributed by atoms with E-state index in [1.165, 1.54) is 31.4 Å². The van der Waals surface area contributed by atoms with E-state index < -0.39 is 40.0 Å². The van der Waals surface area contributed by atoms with Crippen LogP contribution in [0.1, 0.15) is 38.8 Å². The molecule has 0 saturated carbocycles. The van der Waals surface area contributed by atoms with Gasteiger partial charge in [0.2, 0.25) is 5.91 Å². The fourth-order valence-electron chi connectivity index (χ4n) is 7.29. The van der Waals surface area contributed by atoms with Gasteiger partial charge < -0.3 is 15.0 Å². The molecule has 1 saturated heterocycles. The van der Waals surface area contributed by atoms with Crippen molar-refractivity contribution in [3.8, 4) is 5.75 Å². The predicted octanol–water partition coefficient (Wildman–Crippen LogP) is 5.85. The molecular weight excluding hydrogens is 558 g/mol. The third-order valence-electron chi connectivity index (χ3n) is 9.13. The van der Waals surface area contributed by atoms with Crippen molar-refractivity contribution in [2.24, 2.45) is 5.92 Å². The van der Waals surface area contributed by atoms with Crippen LogP contribution in [0, 0.1) is 16.0 Å². The number of benzene rings is 4. The van der Waals surface area contributed by atoms with Crippen LogP contribution in [0.2, 0.25) is 0 Å². The van der Waals surface area contributed by atoms with Crippen molar-refractivity contribution in [2.75, 3.05) is 17.3 Å². The molecule has 1 N–H and O–H groups in total. The number of ether oxygens (including phenoxy) is 1. The van der Waals surface area contributed by atoms with E-state index in [0.29, 0.717) is 22.6 Å². The highest BCUT2D eigenvalue weighted by molar-refractivity contribution is 6.18. The van der Waals surface area contributed by atoms with Gasteiger partial charge in [0.05, 0.1) is 24.0 Å². The van der Waals surface area contributed by atoms with E-state index in [9.17, 15) is 24.5 Å². The maximum absolute atomic E-state index is 14.9.